The van der Waals surface area contributed by atoms with Crippen LogP contribution >= 0.6 is 0 Å². The Balaban J connectivity index is 1.77. The van der Waals surface area contributed by atoms with Gasteiger partial charge in [-0.25, -0.2) is 0 Å². The average Bonchev–Trinajstić information content (AvgIpc) is 3.04. The Morgan fingerprint density at radius 3 is 2.65 bits per heavy atom. The zero-order chi connectivity index (χ0) is 16.0. The molecule has 116 valence electrons. The van der Waals surface area contributed by atoms with E-state index in [0.29, 0.717) is 17.9 Å². The van der Waals surface area contributed by atoms with Crippen molar-refractivity contribution in [1.29, 1.82) is 0 Å². The van der Waals surface area contributed by atoms with Crippen molar-refractivity contribution >= 4 is 11.5 Å². The number of carbonyl (C=O) groups is 1. The molecular weight excluding hydrogens is 282 g/mol. The maximum absolute atomic E-state index is 11.7. The molecule has 0 bridgehead atoms. The van der Waals surface area contributed by atoms with Crippen LogP contribution in [-0.2, 0) is 0 Å². The fourth-order valence-electron chi connectivity index (χ4n) is 3.92. The lowest BCUT2D eigenvalue weighted by Crippen LogP contribution is -2.29. The highest BCUT2D eigenvalue weighted by atomic mass is 16.1. The summed E-state index contributed by atoms with van der Waals surface area (Å²) in [6.45, 7) is 3.76. The number of hydrogen-bond acceptors (Lipinski definition) is 2. The number of rotatable bonds is 2. The van der Waals surface area contributed by atoms with Gasteiger partial charge in [0.2, 0.25) is 0 Å². The first-order valence-electron chi connectivity index (χ1n) is 8.28. The van der Waals surface area contributed by atoms with E-state index in [-0.39, 0.29) is 5.78 Å². The zero-order valence-corrected chi connectivity index (χ0v) is 13.5. The van der Waals surface area contributed by atoms with E-state index in [1.165, 1.54) is 16.7 Å². The van der Waals surface area contributed by atoms with Gasteiger partial charge in [0.15, 0.2) is 5.78 Å². The van der Waals surface area contributed by atoms with Gasteiger partial charge in [-0.05, 0) is 55.5 Å². The number of nitrogens with one attached hydrogen (secondary N) is 1. The molecule has 2 aliphatic rings. The summed E-state index contributed by atoms with van der Waals surface area (Å²) in [4.78, 5) is 11.7. The van der Waals surface area contributed by atoms with E-state index in [9.17, 15) is 4.79 Å². The molecule has 2 aromatic carbocycles. The van der Waals surface area contributed by atoms with Crippen molar-refractivity contribution in [2.75, 3.05) is 5.32 Å². The summed E-state index contributed by atoms with van der Waals surface area (Å²) in [7, 11) is 0. The third kappa shape index (κ3) is 2.39. The summed E-state index contributed by atoms with van der Waals surface area (Å²) in [6, 6.07) is 15.2. The van der Waals surface area contributed by atoms with Crippen molar-refractivity contribution in [2.24, 2.45) is 5.92 Å². The minimum absolute atomic E-state index is 0.131. The van der Waals surface area contributed by atoms with Crippen LogP contribution in [0.5, 0.6) is 0 Å². The molecule has 1 aliphatic heterocycles. The predicted molar refractivity (Wildman–Crippen MR) is 94.0 cm³/mol. The van der Waals surface area contributed by atoms with Crippen LogP contribution < -0.4 is 5.32 Å². The van der Waals surface area contributed by atoms with Crippen molar-refractivity contribution in [3.63, 3.8) is 0 Å². The summed E-state index contributed by atoms with van der Waals surface area (Å²) in [6.07, 6.45) is 5.68. The van der Waals surface area contributed by atoms with Gasteiger partial charge < -0.3 is 5.32 Å². The van der Waals surface area contributed by atoms with Gasteiger partial charge in [0.05, 0.1) is 6.04 Å². The lowest BCUT2D eigenvalue weighted by Gasteiger charge is -2.37. The largest absolute Gasteiger partial charge is 0.378 e. The lowest BCUT2D eigenvalue weighted by molar-refractivity contribution is 0.101. The number of carbonyl (C=O) groups excluding carboxylic acids is 1. The lowest BCUT2D eigenvalue weighted by atomic mass is 9.76. The normalized spacial score (nSPS) is 24.7. The molecule has 0 unspecified atom stereocenters. The molecule has 2 nitrogen and oxygen atoms in total. The topological polar surface area (TPSA) is 29.1 Å². The van der Waals surface area contributed by atoms with Crippen LogP contribution in [0.3, 0.4) is 0 Å². The van der Waals surface area contributed by atoms with Crippen molar-refractivity contribution in [3.05, 3.63) is 76.9 Å². The van der Waals surface area contributed by atoms with Gasteiger partial charge in [0.25, 0.3) is 0 Å². The Bertz CT molecular complexity index is 788. The summed E-state index contributed by atoms with van der Waals surface area (Å²) in [5.74, 6) is 1.05. The molecule has 0 saturated carbocycles. The first-order valence-corrected chi connectivity index (χ1v) is 8.28. The summed E-state index contributed by atoms with van der Waals surface area (Å²) >= 11 is 0. The summed E-state index contributed by atoms with van der Waals surface area (Å²) < 4.78 is 0. The maximum atomic E-state index is 11.7. The molecule has 1 heterocycles. The molecule has 2 heteroatoms. The standard InChI is InChI=1S/C21H21NO/c1-13-6-8-15(9-7-13)21-18-5-3-4-17(18)19-12-16(14(2)23)10-11-20(19)22-21/h3-4,6-12,17-18,21-22H,5H2,1-2H3/t17-,18+,21-/m1/s1. The van der Waals surface area contributed by atoms with Crippen LogP contribution in [0.1, 0.15) is 52.4 Å². The summed E-state index contributed by atoms with van der Waals surface area (Å²) in [5.41, 5.74) is 5.86. The van der Waals surface area contributed by atoms with Gasteiger partial charge in [-0.1, -0.05) is 42.0 Å². The summed E-state index contributed by atoms with van der Waals surface area (Å²) in [5, 5.41) is 3.72. The van der Waals surface area contributed by atoms with Gasteiger partial charge in [-0.3, -0.25) is 4.79 Å². The molecule has 0 amide bonds. The number of allylic oxidation sites excluding steroid dienone is 2. The molecule has 4 rings (SSSR count). The van der Waals surface area contributed by atoms with Crippen molar-refractivity contribution < 1.29 is 4.79 Å². The second kappa shape index (κ2) is 5.38. The number of fused-ring (bicyclic) bond motifs is 3. The van der Waals surface area contributed by atoms with Gasteiger partial charge in [-0.2, -0.15) is 0 Å². The number of benzene rings is 2. The number of hydrogen-bond donors (Lipinski definition) is 1. The second-order valence-electron chi connectivity index (χ2n) is 6.74. The van der Waals surface area contributed by atoms with Crippen molar-refractivity contribution in [2.45, 2.75) is 32.2 Å². The van der Waals surface area contributed by atoms with Gasteiger partial charge in [0.1, 0.15) is 0 Å². The molecule has 3 atom stereocenters. The quantitative estimate of drug-likeness (QED) is 0.623. The van der Waals surface area contributed by atoms with E-state index >= 15 is 0 Å². The monoisotopic (exact) mass is 303 g/mol. The van der Waals surface area contributed by atoms with E-state index in [2.05, 4.69) is 60.8 Å². The minimum atomic E-state index is 0.131. The van der Waals surface area contributed by atoms with Crippen LogP contribution in [0.4, 0.5) is 5.69 Å². The van der Waals surface area contributed by atoms with E-state index in [1.807, 2.05) is 6.07 Å². The molecule has 23 heavy (non-hydrogen) atoms. The van der Waals surface area contributed by atoms with Gasteiger partial charge >= 0.3 is 0 Å². The van der Waals surface area contributed by atoms with Gasteiger partial charge in [0, 0.05) is 17.2 Å². The smallest absolute Gasteiger partial charge is 0.159 e. The fourth-order valence-corrected chi connectivity index (χ4v) is 3.92. The number of ketones is 1. The average molecular weight is 303 g/mol. The minimum Gasteiger partial charge on any atom is -0.378 e. The Kier molecular flexibility index (Phi) is 3.33. The van der Waals surface area contributed by atoms with E-state index in [4.69, 9.17) is 0 Å². The molecule has 0 fully saturated rings. The van der Waals surface area contributed by atoms with E-state index in [0.717, 1.165) is 17.7 Å². The predicted octanol–water partition coefficient (Wildman–Crippen LogP) is 5.02. The van der Waals surface area contributed by atoms with E-state index < -0.39 is 0 Å². The molecule has 1 aliphatic carbocycles. The maximum Gasteiger partial charge on any atom is 0.159 e. The van der Waals surface area contributed by atoms with Crippen LogP contribution in [0.2, 0.25) is 0 Å². The molecule has 0 spiro atoms. The molecule has 0 saturated heterocycles. The number of Topliss-reactive ketones (excluding diaryl/α,β-unsaturated/α-hetero) is 1. The van der Waals surface area contributed by atoms with Gasteiger partial charge in [-0.15, -0.1) is 0 Å². The van der Waals surface area contributed by atoms with E-state index in [1.54, 1.807) is 6.92 Å². The molecule has 1 N–H and O–H groups in total. The fraction of sp³-hybridized carbons (Fsp3) is 0.286. The number of anilines is 1. The Morgan fingerprint density at radius 2 is 1.91 bits per heavy atom. The Hall–Kier alpha value is -2.35. The Labute approximate surface area is 137 Å². The highest BCUT2D eigenvalue weighted by Crippen LogP contribution is 2.49. The van der Waals surface area contributed by atoms with Crippen LogP contribution in [0, 0.1) is 12.8 Å². The molecule has 0 aromatic heterocycles. The van der Waals surface area contributed by atoms with Crippen LogP contribution in [0.25, 0.3) is 0 Å². The highest BCUT2D eigenvalue weighted by molar-refractivity contribution is 5.95. The first kappa shape index (κ1) is 14.3. The highest BCUT2D eigenvalue weighted by Gasteiger charge is 2.37. The third-order valence-corrected chi connectivity index (χ3v) is 5.21. The van der Waals surface area contributed by atoms with Crippen LogP contribution in [0.15, 0.2) is 54.6 Å². The first-order chi connectivity index (χ1) is 11.1. The van der Waals surface area contributed by atoms with Crippen molar-refractivity contribution in [1.82, 2.24) is 0 Å². The number of aryl methyl sites for hydroxylation is 1. The molecule has 0 radical (unpaired) electrons. The SMILES string of the molecule is CC(=O)c1ccc2c(c1)[C@@H]1C=CC[C@@H]1[C@@H](c1ccc(C)cc1)N2. The van der Waals surface area contributed by atoms with Crippen molar-refractivity contribution in [3.8, 4) is 0 Å². The Morgan fingerprint density at radius 1 is 1.13 bits per heavy atom. The molecule has 2 aromatic rings. The third-order valence-electron chi connectivity index (χ3n) is 5.21. The van der Waals surface area contributed by atoms with Crippen LogP contribution in [-0.4, -0.2) is 5.78 Å². The second-order valence-corrected chi connectivity index (χ2v) is 6.74. The molecular formula is C21H21NO. The zero-order valence-electron chi connectivity index (χ0n) is 13.5.